The maximum absolute atomic E-state index is 10.4. The van der Waals surface area contributed by atoms with E-state index in [1.165, 1.54) is 0 Å². The van der Waals surface area contributed by atoms with Gasteiger partial charge in [-0.25, -0.2) is 0 Å². The van der Waals surface area contributed by atoms with Gasteiger partial charge in [0.25, 0.3) is 0 Å². The van der Waals surface area contributed by atoms with Gasteiger partial charge in [-0.3, -0.25) is 4.79 Å². The van der Waals surface area contributed by atoms with Gasteiger partial charge in [0, 0.05) is 6.42 Å². The second-order valence-electron chi connectivity index (χ2n) is 2.04. The van der Waals surface area contributed by atoms with Gasteiger partial charge in [-0.2, -0.15) is 0 Å². The molecule has 1 fully saturated rings. The van der Waals surface area contributed by atoms with Crippen LogP contribution in [0, 0.1) is 0 Å². The van der Waals surface area contributed by atoms with Crippen molar-refractivity contribution < 1.29 is 40.5 Å². The molecular weight excluding hydrogens is 127 g/mol. The van der Waals surface area contributed by atoms with Gasteiger partial charge in [0.05, 0.1) is 0 Å². The first-order chi connectivity index (χ1) is 3.83. The smallest absolute Gasteiger partial charge is 1.00 e. The van der Waals surface area contributed by atoms with Crippen LogP contribution in [-0.2, 0) is 9.53 Å². The average Bonchev–Trinajstić information content (AvgIpc) is 2.50. The van der Waals surface area contributed by atoms with Gasteiger partial charge in [0.15, 0.2) is 0 Å². The Morgan fingerprint density at radius 2 is 2.33 bits per heavy atom. The quantitative estimate of drug-likeness (QED) is 0.333. The maximum atomic E-state index is 10.4. The monoisotopic (exact) mass is 138 g/mol. The molecule has 0 heterocycles. The summed E-state index contributed by atoms with van der Waals surface area (Å²) in [6.07, 6.45) is 2.94. The van der Waals surface area contributed by atoms with E-state index in [1.807, 2.05) is 6.92 Å². The predicted octanol–water partition coefficient (Wildman–Crippen LogP) is -1.78. The molecule has 0 N–H and O–H groups in total. The van der Waals surface area contributed by atoms with Gasteiger partial charge in [0.1, 0.15) is 6.10 Å². The fourth-order valence-corrected chi connectivity index (χ4v) is 0.455. The minimum atomic E-state index is -0.0625. The van der Waals surface area contributed by atoms with Crippen LogP contribution in [0.15, 0.2) is 0 Å². The summed E-state index contributed by atoms with van der Waals surface area (Å²) in [5.41, 5.74) is 0. The SMILES string of the molecule is CCC(=O)OC1CC1.[H-].[Na+]. The second kappa shape index (κ2) is 4.31. The van der Waals surface area contributed by atoms with Crippen molar-refractivity contribution in [2.24, 2.45) is 0 Å². The van der Waals surface area contributed by atoms with Crippen LogP contribution in [0.5, 0.6) is 0 Å². The number of esters is 1. The zero-order valence-electron chi connectivity index (χ0n) is 7.02. The Hall–Kier alpha value is 0.470. The van der Waals surface area contributed by atoms with Gasteiger partial charge >= 0.3 is 35.5 Å². The molecule has 1 rings (SSSR count). The Morgan fingerprint density at radius 3 is 2.67 bits per heavy atom. The number of carbonyl (C=O) groups excluding carboxylic acids is 1. The van der Waals surface area contributed by atoms with E-state index in [4.69, 9.17) is 4.74 Å². The molecule has 0 spiro atoms. The van der Waals surface area contributed by atoms with Crippen LogP contribution in [0.3, 0.4) is 0 Å². The minimum Gasteiger partial charge on any atom is -1.00 e. The molecule has 1 aliphatic rings. The molecule has 0 aliphatic heterocycles. The number of hydrogen-bond donors (Lipinski definition) is 0. The number of ether oxygens (including phenoxy) is 1. The fraction of sp³-hybridized carbons (Fsp3) is 0.833. The predicted molar refractivity (Wildman–Crippen MR) is 30.5 cm³/mol. The molecule has 0 unspecified atom stereocenters. The van der Waals surface area contributed by atoms with E-state index in [9.17, 15) is 4.79 Å². The van der Waals surface area contributed by atoms with Gasteiger partial charge in [-0.1, -0.05) is 6.92 Å². The minimum absolute atomic E-state index is 0. The summed E-state index contributed by atoms with van der Waals surface area (Å²) >= 11 is 0. The first-order valence-electron chi connectivity index (χ1n) is 3.02. The van der Waals surface area contributed by atoms with Crippen molar-refractivity contribution in [1.82, 2.24) is 0 Å². The average molecular weight is 138 g/mol. The molecule has 48 valence electrons. The molecule has 1 saturated carbocycles. The third-order valence-corrected chi connectivity index (χ3v) is 1.11. The Kier molecular flexibility index (Phi) is 4.54. The Morgan fingerprint density at radius 1 is 1.78 bits per heavy atom. The molecule has 3 heteroatoms. The Bertz CT molecular complexity index is 104. The summed E-state index contributed by atoms with van der Waals surface area (Å²) in [6.45, 7) is 1.81. The molecule has 0 aromatic heterocycles. The van der Waals surface area contributed by atoms with E-state index in [-0.39, 0.29) is 43.1 Å². The summed E-state index contributed by atoms with van der Waals surface area (Å²) in [4.78, 5) is 10.4. The first-order valence-corrected chi connectivity index (χ1v) is 3.02. The molecular formula is C6H11NaO2. The molecule has 2 nitrogen and oxygen atoms in total. The van der Waals surface area contributed by atoms with Gasteiger partial charge in [-0.15, -0.1) is 0 Å². The van der Waals surface area contributed by atoms with E-state index >= 15 is 0 Å². The number of hydrogen-bond acceptors (Lipinski definition) is 2. The van der Waals surface area contributed by atoms with Crippen molar-refractivity contribution >= 4 is 5.97 Å². The Labute approximate surface area is 78.7 Å². The van der Waals surface area contributed by atoms with E-state index < -0.39 is 0 Å². The second-order valence-corrected chi connectivity index (χ2v) is 2.04. The molecule has 0 atom stereocenters. The van der Waals surface area contributed by atoms with E-state index in [0.29, 0.717) is 6.42 Å². The van der Waals surface area contributed by atoms with Crippen LogP contribution < -0.4 is 29.6 Å². The first kappa shape index (κ1) is 9.47. The third-order valence-electron chi connectivity index (χ3n) is 1.11. The zero-order chi connectivity index (χ0) is 5.98. The van der Waals surface area contributed by atoms with Gasteiger partial charge in [0.2, 0.25) is 0 Å². The van der Waals surface area contributed by atoms with Crippen LogP contribution in [0.25, 0.3) is 0 Å². The summed E-state index contributed by atoms with van der Waals surface area (Å²) in [5.74, 6) is -0.0625. The summed E-state index contributed by atoms with van der Waals surface area (Å²) < 4.78 is 4.87. The van der Waals surface area contributed by atoms with Crippen LogP contribution in [0.2, 0.25) is 0 Å². The van der Waals surface area contributed by atoms with Crippen molar-refractivity contribution in [2.75, 3.05) is 0 Å². The number of carbonyl (C=O) groups is 1. The van der Waals surface area contributed by atoms with E-state index in [2.05, 4.69) is 0 Å². The zero-order valence-corrected chi connectivity index (χ0v) is 8.02. The number of rotatable bonds is 2. The fourth-order valence-electron chi connectivity index (χ4n) is 0.455. The molecule has 0 radical (unpaired) electrons. The molecule has 9 heavy (non-hydrogen) atoms. The molecule has 0 aromatic rings. The van der Waals surface area contributed by atoms with Gasteiger partial charge in [-0.05, 0) is 12.8 Å². The van der Waals surface area contributed by atoms with Crippen LogP contribution >= 0.6 is 0 Å². The standard InChI is InChI=1S/C6H10O2.Na.H/c1-2-6(7)8-5-3-4-5;;/h5H,2-4H2,1H3;;/q;+1;-1. The van der Waals surface area contributed by atoms with Crippen LogP contribution in [0.1, 0.15) is 27.6 Å². The molecule has 0 bridgehead atoms. The van der Waals surface area contributed by atoms with E-state index in [0.717, 1.165) is 12.8 Å². The molecule has 0 aromatic carbocycles. The largest absolute Gasteiger partial charge is 1.00 e. The molecule has 0 saturated heterocycles. The van der Waals surface area contributed by atoms with Crippen LogP contribution in [-0.4, -0.2) is 12.1 Å². The maximum Gasteiger partial charge on any atom is 1.00 e. The normalized spacial score (nSPS) is 16.1. The Balaban J connectivity index is 0. The summed E-state index contributed by atoms with van der Waals surface area (Å²) in [5, 5.41) is 0. The van der Waals surface area contributed by atoms with Gasteiger partial charge < -0.3 is 6.16 Å². The van der Waals surface area contributed by atoms with Crippen molar-refractivity contribution in [3.05, 3.63) is 0 Å². The van der Waals surface area contributed by atoms with Crippen molar-refractivity contribution in [1.29, 1.82) is 0 Å². The van der Waals surface area contributed by atoms with Crippen LogP contribution in [0.4, 0.5) is 0 Å². The van der Waals surface area contributed by atoms with Crippen molar-refractivity contribution in [2.45, 2.75) is 32.3 Å². The topological polar surface area (TPSA) is 26.3 Å². The van der Waals surface area contributed by atoms with E-state index in [1.54, 1.807) is 0 Å². The molecule has 1 aliphatic carbocycles. The third kappa shape index (κ3) is 3.95. The van der Waals surface area contributed by atoms with Crippen molar-refractivity contribution in [3.63, 3.8) is 0 Å². The summed E-state index contributed by atoms with van der Waals surface area (Å²) in [6, 6.07) is 0. The summed E-state index contributed by atoms with van der Waals surface area (Å²) in [7, 11) is 0. The molecule has 0 amide bonds. The van der Waals surface area contributed by atoms with Crippen molar-refractivity contribution in [3.8, 4) is 0 Å².